The summed E-state index contributed by atoms with van der Waals surface area (Å²) >= 11 is 0. The van der Waals surface area contributed by atoms with Gasteiger partial charge >= 0.3 is 6.18 Å². The van der Waals surface area contributed by atoms with E-state index in [9.17, 15) is 13.2 Å². The lowest BCUT2D eigenvalue weighted by Gasteiger charge is -2.07. The van der Waals surface area contributed by atoms with E-state index < -0.39 is 17.8 Å². The maximum absolute atomic E-state index is 12.8. The van der Waals surface area contributed by atoms with E-state index in [4.69, 9.17) is 10.3 Å². The highest BCUT2D eigenvalue weighted by atomic mass is 19.4. The molecule has 0 saturated carbocycles. The van der Waals surface area contributed by atoms with E-state index in [0.29, 0.717) is 6.42 Å². The molecule has 0 aliphatic heterocycles. The van der Waals surface area contributed by atoms with Gasteiger partial charge in [0.15, 0.2) is 0 Å². The third-order valence-corrected chi connectivity index (χ3v) is 3.51. The van der Waals surface area contributed by atoms with Gasteiger partial charge in [-0.1, -0.05) is 47.6 Å². The predicted octanol–water partition coefficient (Wildman–Crippen LogP) is 4.00. The molecule has 1 unspecified atom stereocenters. The van der Waals surface area contributed by atoms with Crippen LogP contribution in [0.4, 0.5) is 13.2 Å². The van der Waals surface area contributed by atoms with Crippen LogP contribution in [0.3, 0.4) is 0 Å². The summed E-state index contributed by atoms with van der Waals surface area (Å²) in [5, 5.41) is 3.74. The topological polar surface area (TPSA) is 64.9 Å². The van der Waals surface area contributed by atoms with Crippen molar-refractivity contribution >= 4 is 0 Å². The molecule has 3 rings (SSSR count). The van der Waals surface area contributed by atoms with Gasteiger partial charge in [0.05, 0.1) is 11.6 Å². The van der Waals surface area contributed by atoms with Crippen molar-refractivity contribution in [3.05, 3.63) is 71.6 Å². The third kappa shape index (κ3) is 3.62. The van der Waals surface area contributed by atoms with Gasteiger partial charge in [0.1, 0.15) is 0 Å². The van der Waals surface area contributed by atoms with Crippen molar-refractivity contribution in [3.63, 3.8) is 0 Å². The summed E-state index contributed by atoms with van der Waals surface area (Å²) in [4.78, 5) is 4.13. The zero-order valence-electron chi connectivity index (χ0n) is 12.5. The van der Waals surface area contributed by atoms with Crippen LogP contribution in [0.25, 0.3) is 11.4 Å². The highest BCUT2D eigenvalue weighted by Crippen LogP contribution is 2.31. The Morgan fingerprint density at radius 2 is 1.79 bits per heavy atom. The molecule has 2 aromatic carbocycles. The summed E-state index contributed by atoms with van der Waals surface area (Å²) in [6.07, 6.45) is -3.93. The number of benzene rings is 2. The predicted molar refractivity (Wildman–Crippen MR) is 81.8 cm³/mol. The van der Waals surface area contributed by atoms with Gasteiger partial charge in [-0.2, -0.15) is 18.2 Å². The molecule has 0 aliphatic carbocycles. The largest absolute Gasteiger partial charge is 0.416 e. The van der Waals surface area contributed by atoms with E-state index in [1.54, 1.807) is 0 Å². The lowest BCUT2D eigenvalue weighted by Crippen LogP contribution is -2.13. The van der Waals surface area contributed by atoms with Gasteiger partial charge < -0.3 is 10.3 Å². The number of aromatic nitrogens is 2. The zero-order chi connectivity index (χ0) is 17.2. The van der Waals surface area contributed by atoms with E-state index >= 15 is 0 Å². The fourth-order valence-corrected chi connectivity index (χ4v) is 2.29. The molecular formula is C17H14F3N3O. The maximum Gasteiger partial charge on any atom is 0.416 e. The molecule has 0 fully saturated rings. The minimum absolute atomic E-state index is 0.0830. The number of hydrogen-bond acceptors (Lipinski definition) is 4. The Hall–Kier alpha value is -2.67. The lowest BCUT2D eigenvalue weighted by molar-refractivity contribution is -0.137. The minimum Gasteiger partial charge on any atom is -0.337 e. The molecule has 2 N–H and O–H groups in total. The summed E-state index contributed by atoms with van der Waals surface area (Å²) in [6.45, 7) is 0. The Bertz CT molecular complexity index is 815. The van der Waals surface area contributed by atoms with Crippen LogP contribution >= 0.6 is 0 Å². The van der Waals surface area contributed by atoms with Gasteiger partial charge in [-0.3, -0.25) is 0 Å². The van der Waals surface area contributed by atoms with E-state index in [-0.39, 0.29) is 17.3 Å². The molecule has 0 amide bonds. The summed E-state index contributed by atoms with van der Waals surface area (Å²) in [5.41, 5.74) is 6.51. The van der Waals surface area contributed by atoms with E-state index in [1.165, 1.54) is 12.1 Å². The fraction of sp³-hybridized carbons (Fsp3) is 0.176. The first-order chi connectivity index (χ1) is 11.4. The Labute approximate surface area is 136 Å². The number of nitrogens with two attached hydrogens (primary N) is 1. The standard InChI is InChI=1S/C17H14F3N3O/c18-17(19,20)13-8-4-7-12(10-13)15-22-16(24-23-15)14(21)9-11-5-2-1-3-6-11/h1-8,10,14H,9,21H2. The van der Waals surface area contributed by atoms with Gasteiger partial charge in [0, 0.05) is 5.56 Å². The summed E-state index contributed by atoms with van der Waals surface area (Å²) in [7, 11) is 0. The Balaban J connectivity index is 1.80. The second-order valence-corrected chi connectivity index (χ2v) is 5.33. The third-order valence-electron chi connectivity index (χ3n) is 3.51. The van der Waals surface area contributed by atoms with Crippen molar-refractivity contribution in [2.75, 3.05) is 0 Å². The Morgan fingerprint density at radius 3 is 2.50 bits per heavy atom. The summed E-state index contributed by atoms with van der Waals surface area (Å²) in [5.74, 6) is 0.269. The maximum atomic E-state index is 12.8. The SMILES string of the molecule is NC(Cc1ccccc1)c1nc(-c2cccc(C(F)(F)F)c2)no1. The van der Waals surface area contributed by atoms with Crippen molar-refractivity contribution in [2.45, 2.75) is 18.6 Å². The van der Waals surface area contributed by atoms with Crippen LogP contribution in [-0.4, -0.2) is 10.1 Å². The lowest BCUT2D eigenvalue weighted by atomic mass is 10.1. The number of rotatable bonds is 4. The summed E-state index contributed by atoms with van der Waals surface area (Å²) in [6, 6.07) is 13.8. The molecule has 3 aromatic rings. The average Bonchev–Trinajstić information content (AvgIpc) is 3.05. The average molecular weight is 333 g/mol. The van der Waals surface area contributed by atoms with Crippen molar-refractivity contribution in [3.8, 4) is 11.4 Å². The quantitative estimate of drug-likeness (QED) is 0.784. The summed E-state index contributed by atoms with van der Waals surface area (Å²) < 4.78 is 43.4. The normalized spacial score (nSPS) is 13.0. The molecule has 1 aromatic heterocycles. The monoisotopic (exact) mass is 333 g/mol. The first-order valence-corrected chi connectivity index (χ1v) is 7.24. The molecule has 0 saturated heterocycles. The smallest absolute Gasteiger partial charge is 0.337 e. The molecule has 124 valence electrons. The fourth-order valence-electron chi connectivity index (χ4n) is 2.29. The first-order valence-electron chi connectivity index (χ1n) is 7.24. The van der Waals surface area contributed by atoms with Crippen LogP contribution < -0.4 is 5.73 Å². The van der Waals surface area contributed by atoms with Gasteiger partial charge in [-0.25, -0.2) is 0 Å². The molecule has 0 bridgehead atoms. The second-order valence-electron chi connectivity index (χ2n) is 5.33. The van der Waals surface area contributed by atoms with E-state index in [0.717, 1.165) is 17.7 Å². The molecule has 0 aliphatic rings. The van der Waals surface area contributed by atoms with Crippen molar-refractivity contribution < 1.29 is 17.7 Å². The van der Waals surface area contributed by atoms with Gasteiger partial charge in [-0.05, 0) is 24.1 Å². The highest BCUT2D eigenvalue weighted by molar-refractivity contribution is 5.55. The number of halogens is 3. The van der Waals surface area contributed by atoms with Crippen LogP contribution in [-0.2, 0) is 12.6 Å². The van der Waals surface area contributed by atoms with Crippen molar-refractivity contribution in [1.82, 2.24) is 10.1 Å². The molecule has 24 heavy (non-hydrogen) atoms. The van der Waals surface area contributed by atoms with E-state index in [1.807, 2.05) is 30.3 Å². The molecule has 4 nitrogen and oxygen atoms in total. The molecule has 1 atom stereocenters. The van der Waals surface area contributed by atoms with Gasteiger partial charge in [0.25, 0.3) is 0 Å². The van der Waals surface area contributed by atoms with Gasteiger partial charge in [0.2, 0.25) is 11.7 Å². The van der Waals surface area contributed by atoms with Gasteiger partial charge in [-0.15, -0.1) is 0 Å². The molecule has 7 heteroatoms. The highest BCUT2D eigenvalue weighted by Gasteiger charge is 2.30. The molecule has 0 radical (unpaired) electrons. The Kier molecular flexibility index (Phi) is 4.35. The number of alkyl halides is 3. The van der Waals surface area contributed by atoms with Crippen LogP contribution in [0.5, 0.6) is 0 Å². The van der Waals surface area contributed by atoms with Crippen LogP contribution in [0.15, 0.2) is 59.1 Å². The van der Waals surface area contributed by atoms with Crippen molar-refractivity contribution in [1.29, 1.82) is 0 Å². The molecule has 0 spiro atoms. The molecule has 1 heterocycles. The van der Waals surface area contributed by atoms with Crippen LogP contribution in [0, 0.1) is 0 Å². The zero-order valence-corrected chi connectivity index (χ0v) is 12.5. The van der Waals surface area contributed by atoms with Crippen LogP contribution in [0.1, 0.15) is 23.1 Å². The van der Waals surface area contributed by atoms with E-state index in [2.05, 4.69) is 10.1 Å². The van der Waals surface area contributed by atoms with Crippen LogP contribution in [0.2, 0.25) is 0 Å². The minimum atomic E-state index is -4.42. The molecular weight excluding hydrogens is 319 g/mol. The first kappa shape index (κ1) is 16.2. The number of hydrogen-bond donors (Lipinski definition) is 1. The Morgan fingerprint density at radius 1 is 1.04 bits per heavy atom. The number of nitrogens with zero attached hydrogens (tertiary/aromatic N) is 2. The van der Waals surface area contributed by atoms with Crippen molar-refractivity contribution in [2.24, 2.45) is 5.73 Å². The second kappa shape index (κ2) is 6.45.